The Labute approximate surface area is 380 Å². The van der Waals surface area contributed by atoms with Crippen LogP contribution in [0.15, 0.2) is 176 Å². The fourth-order valence-corrected chi connectivity index (χ4v) is 11.0. The molecule has 7 aromatic carbocycles. The van der Waals surface area contributed by atoms with Crippen LogP contribution < -0.4 is 10.6 Å². The molecule has 0 N–H and O–H groups in total. The Morgan fingerprint density at radius 2 is 1.11 bits per heavy atom. The molecule has 1 saturated carbocycles. The third-order valence-corrected chi connectivity index (χ3v) is 14.5. The Hall–Kier alpha value is -7.43. The van der Waals surface area contributed by atoms with Gasteiger partial charge in [0.15, 0.2) is 0 Å². The van der Waals surface area contributed by atoms with Gasteiger partial charge in [-0.05, 0) is 116 Å². The second-order valence-corrected chi connectivity index (χ2v) is 18.1. The fraction of sp³-hybridized carbons (Fsp3) is 0.164. The molecule has 1 unspecified atom stereocenters. The summed E-state index contributed by atoms with van der Waals surface area (Å²) in [5.41, 5.74) is 14.4. The van der Waals surface area contributed by atoms with Crippen molar-refractivity contribution in [3.05, 3.63) is 203 Å². The summed E-state index contributed by atoms with van der Waals surface area (Å²) in [5.74, 6) is 1.49. The quantitative estimate of drug-likeness (QED) is 0.164. The summed E-state index contributed by atoms with van der Waals surface area (Å²) in [6.45, 7) is 8.63. The van der Waals surface area contributed by atoms with Crippen LogP contribution >= 0.6 is 0 Å². The molecule has 0 saturated heterocycles. The van der Waals surface area contributed by atoms with Crippen LogP contribution in [0.2, 0.25) is 0 Å². The topological polar surface area (TPSA) is 27.7 Å². The molecule has 4 heterocycles. The SMILES string of the molecule is CC.Cc1ccc(-n2c3ccccc3c3ccccc32)nc1-c1cc(-n2c3ccccc3c3cc(C4(C)C=c5c(n(-c6ccccc6)c6ccccc56)=CC4)ccc32)ccc1C1CCC1. The molecule has 2 aliphatic rings. The molecular formula is C61H52N4. The van der Waals surface area contributed by atoms with Crippen molar-refractivity contribution in [2.45, 2.75) is 64.7 Å². The maximum atomic E-state index is 5.60. The Morgan fingerprint density at radius 3 is 1.77 bits per heavy atom. The standard InChI is InChI=1S/C59H46N4.C2H6/c1-38-27-32-57(63-53-25-12-6-19-44(53)45-20-7-13-26-54(45)63)60-58(38)49-36-42(29-30-43(49)39-15-14-16-39)62-51-23-10-8-21-46(51)48-35-40(28-31-55(48)62)59(2)34-33-56-50(37-59)47-22-9-11-24-52(47)61(56)41-17-4-3-5-18-41;1-2/h3-13,17-33,35-37,39H,14-16,34H2,1-2H3;1-2H3. The Morgan fingerprint density at radius 1 is 0.523 bits per heavy atom. The zero-order valence-electron chi connectivity index (χ0n) is 37.6. The molecule has 0 spiro atoms. The van der Waals surface area contributed by atoms with Gasteiger partial charge in [-0.15, -0.1) is 0 Å². The van der Waals surface area contributed by atoms with Crippen molar-refractivity contribution in [1.29, 1.82) is 0 Å². The molecule has 0 bridgehead atoms. The molecule has 4 aromatic heterocycles. The van der Waals surface area contributed by atoms with E-state index in [1.165, 1.54) is 112 Å². The largest absolute Gasteiger partial charge is 0.310 e. The van der Waals surface area contributed by atoms with Crippen LogP contribution in [-0.4, -0.2) is 18.7 Å². The lowest BCUT2D eigenvalue weighted by Gasteiger charge is -2.29. The Bertz CT molecular complexity index is 3730. The van der Waals surface area contributed by atoms with Gasteiger partial charge in [0.05, 0.1) is 33.3 Å². The van der Waals surface area contributed by atoms with E-state index >= 15 is 0 Å². The minimum atomic E-state index is -0.182. The van der Waals surface area contributed by atoms with Gasteiger partial charge in [0.25, 0.3) is 0 Å². The van der Waals surface area contributed by atoms with Crippen LogP contribution in [-0.2, 0) is 5.41 Å². The van der Waals surface area contributed by atoms with Crippen molar-refractivity contribution < 1.29 is 0 Å². The highest BCUT2D eigenvalue weighted by Gasteiger charge is 2.29. The number of aryl methyl sites for hydroxylation is 1. The van der Waals surface area contributed by atoms with E-state index in [0.29, 0.717) is 5.92 Å². The second-order valence-electron chi connectivity index (χ2n) is 18.1. The summed E-state index contributed by atoms with van der Waals surface area (Å²) in [5, 5.41) is 8.94. The number of benzene rings is 7. The third-order valence-electron chi connectivity index (χ3n) is 14.5. The molecule has 1 atom stereocenters. The van der Waals surface area contributed by atoms with Crippen LogP contribution in [0.3, 0.4) is 0 Å². The lowest BCUT2D eigenvalue weighted by Crippen LogP contribution is -2.36. The molecule has 4 nitrogen and oxygen atoms in total. The van der Waals surface area contributed by atoms with Gasteiger partial charge in [0.1, 0.15) is 5.82 Å². The van der Waals surface area contributed by atoms with Crippen molar-refractivity contribution in [2.75, 3.05) is 0 Å². The number of pyridine rings is 1. The summed E-state index contributed by atoms with van der Waals surface area (Å²) in [6, 6.07) is 64.9. The maximum absolute atomic E-state index is 5.60. The highest BCUT2D eigenvalue weighted by molar-refractivity contribution is 6.10. The van der Waals surface area contributed by atoms with Crippen molar-refractivity contribution in [3.63, 3.8) is 0 Å². The van der Waals surface area contributed by atoms with E-state index in [-0.39, 0.29) is 5.41 Å². The van der Waals surface area contributed by atoms with E-state index in [2.05, 4.69) is 216 Å². The van der Waals surface area contributed by atoms with Crippen molar-refractivity contribution in [1.82, 2.24) is 18.7 Å². The molecule has 2 aliphatic carbocycles. The van der Waals surface area contributed by atoms with Gasteiger partial charge in [0, 0.05) is 59.9 Å². The summed E-state index contributed by atoms with van der Waals surface area (Å²) in [4.78, 5) is 5.60. The van der Waals surface area contributed by atoms with E-state index in [1.54, 1.807) is 0 Å². The van der Waals surface area contributed by atoms with Crippen molar-refractivity contribution in [3.8, 4) is 28.5 Å². The number of aromatic nitrogens is 4. The average Bonchev–Trinajstić information content (AvgIpc) is 3.98. The number of hydrogen-bond acceptors (Lipinski definition) is 1. The minimum absolute atomic E-state index is 0.182. The molecule has 0 radical (unpaired) electrons. The highest BCUT2D eigenvalue weighted by Crippen LogP contribution is 2.44. The van der Waals surface area contributed by atoms with Crippen molar-refractivity contribution in [2.24, 2.45) is 0 Å². The zero-order valence-corrected chi connectivity index (χ0v) is 37.6. The van der Waals surface area contributed by atoms with Gasteiger partial charge >= 0.3 is 0 Å². The van der Waals surface area contributed by atoms with Gasteiger partial charge in [-0.25, -0.2) is 4.98 Å². The van der Waals surface area contributed by atoms with E-state index < -0.39 is 0 Å². The Balaban J connectivity index is 0.00000219. The minimum Gasteiger partial charge on any atom is -0.310 e. The van der Waals surface area contributed by atoms with Gasteiger partial charge in [0.2, 0.25) is 0 Å². The predicted octanol–water partition coefficient (Wildman–Crippen LogP) is 14.4. The van der Waals surface area contributed by atoms with Gasteiger partial charge in [-0.1, -0.05) is 149 Å². The van der Waals surface area contributed by atoms with Crippen molar-refractivity contribution >= 4 is 66.7 Å². The highest BCUT2D eigenvalue weighted by atomic mass is 15.1. The Kier molecular flexibility index (Phi) is 9.27. The van der Waals surface area contributed by atoms with E-state index in [0.717, 1.165) is 23.6 Å². The molecule has 4 heteroatoms. The third kappa shape index (κ3) is 6.07. The van der Waals surface area contributed by atoms with Crippen LogP contribution in [0.1, 0.15) is 69.1 Å². The van der Waals surface area contributed by atoms with Crippen LogP contribution in [0.5, 0.6) is 0 Å². The smallest absolute Gasteiger partial charge is 0.138 e. The predicted molar refractivity (Wildman–Crippen MR) is 274 cm³/mol. The number of nitrogens with zero attached hydrogens (tertiary/aromatic N) is 4. The average molecular weight is 841 g/mol. The van der Waals surface area contributed by atoms with Gasteiger partial charge in [-0.2, -0.15) is 0 Å². The van der Waals surface area contributed by atoms with Crippen LogP contribution in [0.25, 0.3) is 95.1 Å². The molecule has 11 aromatic rings. The summed E-state index contributed by atoms with van der Waals surface area (Å²) >= 11 is 0. The molecule has 13 rings (SSSR count). The normalized spacial score (nSPS) is 16.0. The molecule has 0 amide bonds. The van der Waals surface area contributed by atoms with E-state index in [1.807, 2.05) is 13.8 Å². The second kappa shape index (κ2) is 15.4. The summed E-state index contributed by atoms with van der Waals surface area (Å²) < 4.78 is 7.26. The van der Waals surface area contributed by atoms with Gasteiger partial charge < -0.3 is 9.13 Å². The lowest BCUT2D eigenvalue weighted by atomic mass is 9.76. The molecule has 316 valence electrons. The summed E-state index contributed by atoms with van der Waals surface area (Å²) in [7, 11) is 0. The first-order valence-electron chi connectivity index (χ1n) is 23.5. The first kappa shape index (κ1) is 39.2. The van der Waals surface area contributed by atoms with E-state index in [4.69, 9.17) is 4.98 Å². The number of fused-ring (bicyclic) bond motifs is 9. The van der Waals surface area contributed by atoms with E-state index in [9.17, 15) is 0 Å². The number of para-hydroxylation sites is 5. The zero-order chi connectivity index (χ0) is 43.8. The molecule has 65 heavy (non-hydrogen) atoms. The maximum Gasteiger partial charge on any atom is 0.138 e. The molecule has 0 aliphatic heterocycles. The summed E-state index contributed by atoms with van der Waals surface area (Å²) in [6.07, 6.45) is 9.64. The number of hydrogen-bond donors (Lipinski definition) is 0. The monoisotopic (exact) mass is 840 g/mol. The molecular weight excluding hydrogens is 789 g/mol. The lowest BCUT2D eigenvalue weighted by molar-refractivity contribution is 0.420. The fourth-order valence-electron chi connectivity index (χ4n) is 11.0. The van der Waals surface area contributed by atoms with Gasteiger partial charge in [-0.3, -0.25) is 4.57 Å². The van der Waals surface area contributed by atoms with Crippen LogP contribution in [0.4, 0.5) is 0 Å². The number of rotatable bonds is 6. The molecule has 1 fully saturated rings. The van der Waals surface area contributed by atoms with Crippen LogP contribution in [0, 0.1) is 6.92 Å². The first-order chi connectivity index (χ1) is 32.0. The first-order valence-corrected chi connectivity index (χ1v) is 23.5.